The summed E-state index contributed by atoms with van der Waals surface area (Å²) in [5, 5.41) is 0. The Morgan fingerprint density at radius 1 is 1.08 bits per heavy atom. The molecule has 0 atom stereocenters. The van der Waals surface area contributed by atoms with Gasteiger partial charge >= 0.3 is 6.03 Å². The Morgan fingerprint density at radius 3 is 2.00 bits per heavy atom. The van der Waals surface area contributed by atoms with E-state index in [9.17, 15) is 9.59 Å². The van der Waals surface area contributed by atoms with Gasteiger partial charge < -0.3 is 16.4 Å². The highest BCUT2D eigenvalue weighted by Gasteiger charge is 2.19. The summed E-state index contributed by atoms with van der Waals surface area (Å²) < 4.78 is 0. The van der Waals surface area contributed by atoms with Crippen LogP contribution in [0.4, 0.5) is 4.79 Å². The van der Waals surface area contributed by atoms with Crippen LogP contribution in [0.15, 0.2) is 0 Å². The van der Waals surface area contributed by atoms with Crippen molar-refractivity contribution in [3.63, 3.8) is 0 Å². The number of nitrogens with two attached hydrogens (primary N) is 2. The molecule has 0 unspecified atom stereocenters. The van der Waals surface area contributed by atoms with Gasteiger partial charge in [0.25, 0.3) is 0 Å². The second-order valence-corrected chi connectivity index (χ2v) is 3.07. The molecule has 0 saturated carbocycles. The lowest BCUT2D eigenvalue weighted by Gasteiger charge is -2.32. The molecule has 1 aliphatic heterocycles. The van der Waals surface area contributed by atoms with Crippen LogP contribution in [0.2, 0.25) is 0 Å². The number of hydrogen-bond acceptors (Lipinski definition) is 3. The first-order valence-electron chi connectivity index (χ1n) is 4.14. The number of rotatable bonds is 2. The first-order valence-corrected chi connectivity index (χ1v) is 4.14. The van der Waals surface area contributed by atoms with Crippen LogP contribution in [0.5, 0.6) is 0 Å². The van der Waals surface area contributed by atoms with Crippen molar-refractivity contribution in [3.05, 3.63) is 0 Å². The van der Waals surface area contributed by atoms with Crippen molar-refractivity contribution in [1.29, 1.82) is 0 Å². The number of amides is 3. The number of hydrogen-bond donors (Lipinski definition) is 2. The van der Waals surface area contributed by atoms with Gasteiger partial charge in [-0.1, -0.05) is 0 Å². The lowest BCUT2D eigenvalue weighted by molar-refractivity contribution is -0.119. The maximum atomic E-state index is 10.7. The highest BCUT2D eigenvalue weighted by Crippen LogP contribution is 1.99. The third kappa shape index (κ3) is 2.90. The third-order valence-electron chi connectivity index (χ3n) is 2.06. The van der Waals surface area contributed by atoms with Gasteiger partial charge in [-0.2, -0.15) is 0 Å². The summed E-state index contributed by atoms with van der Waals surface area (Å²) in [7, 11) is 0. The van der Waals surface area contributed by atoms with E-state index in [1.54, 1.807) is 4.90 Å². The topological polar surface area (TPSA) is 92.7 Å². The zero-order valence-electron chi connectivity index (χ0n) is 7.40. The Labute approximate surface area is 76.4 Å². The maximum absolute atomic E-state index is 10.7. The van der Waals surface area contributed by atoms with Crippen LogP contribution < -0.4 is 11.5 Å². The predicted octanol–water partition coefficient (Wildman–Crippen LogP) is -1.83. The normalized spacial score (nSPS) is 18.6. The van der Waals surface area contributed by atoms with E-state index in [4.69, 9.17) is 11.5 Å². The van der Waals surface area contributed by atoms with Crippen LogP contribution in [0.25, 0.3) is 0 Å². The Bertz CT molecular complexity index is 211. The van der Waals surface area contributed by atoms with E-state index < -0.39 is 6.03 Å². The van der Waals surface area contributed by atoms with Gasteiger partial charge in [-0.3, -0.25) is 9.69 Å². The van der Waals surface area contributed by atoms with Crippen molar-refractivity contribution < 1.29 is 9.59 Å². The van der Waals surface area contributed by atoms with Crippen LogP contribution in [0.1, 0.15) is 0 Å². The molecule has 0 aliphatic carbocycles. The first-order chi connectivity index (χ1) is 6.09. The van der Waals surface area contributed by atoms with Crippen LogP contribution in [0, 0.1) is 0 Å². The molecule has 74 valence electrons. The van der Waals surface area contributed by atoms with Gasteiger partial charge in [0.1, 0.15) is 0 Å². The molecule has 1 heterocycles. The summed E-state index contributed by atoms with van der Waals surface area (Å²) in [5.41, 5.74) is 10.1. The smallest absolute Gasteiger partial charge is 0.314 e. The van der Waals surface area contributed by atoms with E-state index in [0.717, 1.165) is 0 Å². The lowest BCUT2D eigenvalue weighted by Crippen LogP contribution is -2.52. The standard InChI is InChI=1S/C7H14N4O2/c8-6(12)5-10-1-3-11(4-2-10)7(9)13/h1-5H2,(H2,8,12)(H2,9,13). The molecule has 0 spiro atoms. The summed E-state index contributed by atoms with van der Waals surface area (Å²) in [4.78, 5) is 24.7. The Kier molecular flexibility index (Phi) is 3.07. The van der Waals surface area contributed by atoms with E-state index >= 15 is 0 Å². The van der Waals surface area contributed by atoms with Gasteiger partial charge in [-0.15, -0.1) is 0 Å². The minimum absolute atomic E-state index is 0.257. The summed E-state index contributed by atoms with van der Waals surface area (Å²) >= 11 is 0. The van der Waals surface area contributed by atoms with Crippen molar-refractivity contribution in [2.45, 2.75) is 0 Å². The summed E-state index contributed by atoms with van der Waals surface area (Å²) in [5.74, 6) is -0.340. The fourth-order valence-corrected chi connectivity index (χ4v) is 1.35. The summed E-state index contributed by atoms with van der Waals surface area (Å²) in [6.45, 7) is 2.72. The average molecular weight is 186 g/mol. The lowest BCUT2D eigenvalue weighted by atomic mass is 10.3. The van der Waals surface area contributed by atoms with E-state index in [1.807, 2.05) is 4.90 Å². The molecule has 0 aromatic heterocycles. The molecule has 1 rings (SSSR count). The molecule has 1 fully saturated rings. The minimum Gasteiger partial charge on any atom is -0.369 e. The number of carbonyl (C=O) groups is 2. The van der Waals surface area contributed by atoms with Crippen molar-refractivity contribution in [3.8, 4) is 0 Å². The largest absolute Gasteiger partial charge is 0.369 e. The molecule has 6 nitrogen and oxygen atoms in total. The Hall–Kier alpha value is -1.30. The molecule has 0 aromatic rings. The molecule has 0 bridgehead atoms. The quantitative estimate of drug-likeness (QED) is 0.531. The average Bonchev–Trinajstić information content (AvgIpc) is 2.04. The number of urea groups is 1. The van der Waals surface area contributed by atoms with Crippen molar-refractivity contribution in [2.24, 2.45) is 11.5 Å². The highest BCUT2D eigenvalue weighted by molar-refractivity contribution is 5.76. The Morgan fingerprint density at radius 2 is 1.62 bits per heavy atom. The van der Waals surface area contributed by atoms with Crippen molar-refractivity contribution in [1.82, 2.24) is 9.80 Å². The van der Waals surface area contributed by atoms with E-state index in [2.05, 4.69) is 0 Å². The number of primary amides is 2. The molecule has 6 heteroatoms. The van der Waals surface area contributed by atoms with Gasteiger partial charge in [-0.05, 0) is 0 Å². The molecule has 0 aromatic carbocycles. The van der Waals surface area contributed by atoms with Crippen LogP contribution in [-0.4, -0.2) is 54.5 Å². The second-order valence-electron chi connectivity index (χ2n) is 3.07. The molecule has 3 amide bonds. The monoisotopic (exact) mass is 186 g/mol. The fraction of sp³-hybridized carbons (Fsp3) is 0.714. The van der Waals surface area contributed by atoms with Gasteiger partial charge in [-0.25, -0.2) is 4.79 Å². The Balaban J connectivity index is 2.30. The molecular formula is C7H14N4O2. The van der Waals surface area contributed by atoms with Crippen LogP contribution >= 0.6 is 0 Å². The van der Waals surface area contributed by atoms with Gasteiger partial charge in [0.05, 0.1) is 6.54 Å². The molecule has 1 saturated heterocycles. The SMILES string of the molecule is NC(=O)CN1CCN(C(N)=O)CC1. The third-order valence-corrected chi connectivity index (χ3v) is 2.06. The molecule has 0 radical (unpaired) electrons. The first kappa shape index (κ1) is 9.79. The molecule has 4 N–H and O–H groups in total. The van der Waals surface area contributed by atoms with Gasteiger partial charge in [0.2, 0.25) is 5.91 Å². The summed E-state index contributed by atoms with van der Waals surface area (Å²) in [6.07, 6.45) is 0. The highest BCUT2D eigenvalue weighted by atomic mass is 16.2. The fourth-order valence-electron chi connectivity index (χ4n) is 1.35. The minimum atomic E-state index is -0.404. The predicted molar refractivity (Wildman–Crippen MR) is 46.8 cm³/mol. The van der Waals surface area contributed by atoms with Gasteiger partial charge in [0, 0.05) is 26.2 Å². The molecule has 1 aliphatic rings. The van der Waals surface area contributed by atoms with Gasteiger partial charge in [0.15, 0.2) is 0 Å². The van der Waals surface area contributed by atoms with Crippen LogP contribution in [0.3, 0.4) is 0 Å². The van der Waals surface area contributed by atoms with E-state index in [0.29, 0.717) is 26.2 Å². The van der Waals surface area contributed by atoms with E-state index in [-0.39, 0.29) is 12.5 Å². The summed E-state index contributed by atoms with van der Waals surface area (Å²) in [6, 6.07) is -0.404. The molecule has 13 heavy (non-hydrogen) atoms. The number of piperazine rings is 1. The number of carbonyl (C=O) groups excluding carboxylic acids is 2. The van der Waals surface area contributed by atoms with Crippen molar-refractivity contribution >= 4 is 11.9 Å². The molecular weight excluding hydrogens is 172 g/mol. The van der Waals surface area contributed by atoms with E-state index in [1.165, 1.54) is 0 Å². The maximum Gasteiger partial charge on any atom is 0.314 e. The van der Waals surface area contributed by atoms with Crippen molar-refractivity contribution in [2.75, 3.05) is 32.7 Å². The number of nitrogens with zero attached hydrogens (tertiary/aromatic N) is 2. The second kappa shape index (κ2) is 4.08. The zero-order chi connectivity index (χ0) is 9.84. The zero-order valence-corrected chi connectivity index (χ0v) is 7.40. The van der Waals surface area contributed by atoms with Crippen LogP contribution in [-0.2, 0) is 4.79 Å².